The summed E-state index contributed by atoms with van der Waals surface area (Å²) in [5.74, 6) is -1.18. The zero-order chi connectivity index (χ0) is 12.1. The van der Waals surface area contributed by atoms with Gasteiger partial charge in [0.15, 0.2) is 6.10 Å². The van der Waals surface area contributed by atoms with Crippen molar-refractivity contribution in [2.45, 2.75) is 13.0 Å². The van der Waals surface area contributed by atoms with Crippen molar-refractivity contribution >= 4 is 23.5 Å². The smallest absolute Gasteiger partial charge is 0.346 e. The van der Waals surface area contributed by atoms with E-state index in [1.165, 1.54) is 26.2 Å². The standard InChI is InChI=1S/C11H11ClO4/c1-7(10(13)15-2)16-11(14)8-3-5-9(12)6-4-8/h3-7H,1-2H3/t7-/m0/s1. The van der Waals surface area contributed by atoms with Gasteiger partial charge in [-0.2, -0.15) is 0 Å². The molecule has 16 heavy (non-hydrogen) atoms. The quantitative estimate of drug-likeness (QED) is 0.762. The first kappa shape index (κ1) is 12.5. The second-order valence-corrected chi connectivity index (χ2v) is 3.51. The average molecular weight is 243 g/mol. The summed E-state index contributed by atoms with van der Waals surface area (Å²) in [6, 6.07) is 6.19. The van der Waals surface area contributed by atoms with E-state index in [0.29, 0.717) is 10.6 Å². The van der Waals surface area contributed by atoms with Crippen molar-refractivity contribution in [1.82, 2.24) is 0 Å². The predicted molar refractivity (Wildman–Crippen MR) is 58.3 cm³/mol. The number of esters is 2. The Morgan fingerprint density at radius 1 is 1.25 bits per heavy atom. The second-order valence-electron chi connectivity index (χ2n) is 3.08. The molecule has 0 saturated carbocycles. The third-order valence-electron chi connectivity index (χ3n) is 1.90. The average Bonchev–Trinajstić information content (AvgIpc) is 2.28. The lowest BCUT2D eigenvalue weighted by Crippen LogP contribution is -2.25. The van der Waals surface area contributed by atoms with Gasteiger partial charge < -0.3 is 9.47 Å². The second kappa shape index (κ2) is 5.51. The molecule has 1 aromatic carbocycles. The molecule has 0 unspecified atom stereocenters. The van der Waals surface area contributed by atoms with Crippen LogP contribution in [0.3, 0.4) is 0 Å². The van der Waals surface area contributed by atoms with E-state index in [9.17, 15) is 9.59 Å². The Bertz CT molecular complexity index is 385. The molecule has 1 aromatic rings. The maximum Gasteiger partial charge on any atom is 0.346 e. The number of methoxy groups -OCH3 is 1. The Morgan fingerprint density at radius 3 is 2.31 bits per heavy atom. The summed E-state index contributed by atoms with van der Waals surface area (Å²) in [6.45, 7) is 1.44. The number of hydrogen-bond donors (Lipinski definition) is 0. The SMILES string of the molecule is COC(=O)[C@H](C)OC(=O)c1ccc(Cl)cc1. The van der Waals surface area contributed by atoms with E-state index in [2.05, 4.69) is 4.74 Å². The Morgan fingerprint density at radius 2 is 1.81 bits per heavy atom. The summed E-state index contributed by atoms with van der Waals surface area (Å²) in [6.07, 6.45) is -0.923. The van der Waals surface area contributed by atoms with Crippen LogP contribution < -0.4 is 0 Å². The van der Waals surface area contributed by atoms with Crippen molar-refractivity contribution in [3.05, 3.63) is 34.9 Å². The zero-order valence-electron chi connectivity index (χ0n) is 8.90. The maximum absolute atomic E-state index is 11.5. The van der Waals surface area contributed by atoms with Crippen LogP contribution in [0.25, 0.3) is 0 Å². The van der Waals surface area contributed by atoms with Gasteiger partial charge >= 0.3 is 11.9 Å². The van der Waals surface area contributed by atoms with Gasteiger partial charge in [0.05, 0.1) is 12.7 Å². The molecule has 0 aliphatic heterocycles. The molecule has 0 fully saturated rings. The maximum atomic E-state index is 11.5. The molecule has 0 amide bonds. The molecule has 86 valence electrons. The lowest BCUT2D eigenvalue weighted by molar-refractivity contribution is -0.149. The molecule has 0 bridgehead atoms. The first-order valence-electron chi connectivity index (χ1n) is 4.59. The number of rotatable bonds is 3. The summed E-state index contributed by atoms with van der Waals surface area (Å²) in [5, 5.41) is 0.526. The van der Waals surface area contributed by atoms with Gasteiger partial charge in [0.25, 0.3) is 0 Å². The van der Waals surface area contributed by atoms with Gasteiger partial charge in [0.1, 0.15) is 0 Å². The molecule has 0 aromatic heterocycles. The van der Waals surface area contributed by atoms with E-state index in [0.717, 1.165) is 0 Å². The van der Waals surface area contributed by atoms with Crippen molar-refractivity contribution in [2.75, 3.05) is 7.11 Å². The highest BCUT2D eigenvalue weighted by Crippen LogP contribution is 2.11. The lowest BCUT2D eigenvalue weighted by Gasteiger charge is -2.10. The van der Waals surface area contributed by atoms with Crippen LogP contribution >= 0.6 is 11.6 Å². The fourth-order valence-corrected chi connectivity index (χ4v) is 1.15. The Labute approximate surface area is 98.1 Å². The van der Waals surface area contributed by atoms with E-state index in [-0.39, 0.29) is 0 Å². The Hall–Kier alpha value is -1.55. The third-order valence-corrected chi connectivity index (χ3v) is 2.15. The Balaban J connectivity index is 2.65. The molecule has 1 atom stereocenters. The minimum absolute atomic E-state index is 0.333. The van der Waals surface area contributed by atoms with Crippen molar-refractivity contribution in [3.63, 3.8) is 0 Å². The zero-order valence-corrected chi connectivity index (χ0v) is 9.65. The minimum Gasteiger partial charge on any atom is -0.466 e. The van der Waals surface area contributed by atoms with Crippen LogP contribution in [-0.2, 0) is 14.3 Å². The minimum atomic E-state index is -0.923. The molecule has 0 N–H and O–H groups in total. The third kappa shape index (κ3) is 3.24. The van der Waals surface area contributed by atoms with Gasteiger partial charge in [-0.3, -0.25) is 0 Å². The topological polar surface area (TPSA) is 52.6 Å². The van der Waals surface area contributed by atoms with Gasteiger partial charge in [-0.1, -0.05) is 11.6 Å². The number of ether oxygens (including phenoxy) is 2. The summed E-state index contributed by atoms with van der Waals surface area (Å²) in [4.78, 5) is 22.5. The van der Waals surface area contributed by atoms with Crippen LogP contribution in [0.1, 0.15) is 17.3 Å². The van der Waals surface area contributed by atoms with Crippen molar-refractivity contribution < 1.29 is 19.1 Å². The van der Waals surface area contributed by atoms with Crippen LogP contribution in [-0.4, -0.2) is 25.2 Å². The van der Waals surface area contributed by atoms with Gasteiger partial charge in [0, 0.05) is 5.02 Å². The van der Waals surface area contributed by atoms with E-state index in [4.69, 9.17) is 16.3 Å². The van der Waals surface area contributed by atoms with E-state index in [1.54, 1.807) is 12.1 Å². The number of halogens is 1. The van der Waals surface area contributed by atoms with E-state index in [1.807, 2.05) is 0 Å². The molecular formula is C11H11ClO4. The summed E-state index contributed by atoms with van der Waals surface area (Å²) in [5.41, 5.74) is 0.333. The normalized spacial score (nSPS) is 11.7. The molecule has 0 saturated heterocycles. The fourth-order valence-electron chi connectivity index (χ4n) is 1.03. The molecule has 4 nitrogen and oxygen atoms in total. The molecule has 0 aliphatic carbocycles. The van der Waals surface area contributed by atoms with Crippen molar-refractivity contribution in [1.29, 1.82) is 0 Å². The molecule has 0 heterocycles. The highest BCUT2D eigenvalue weighted by atomic mass is 35.5. The number of benzene rings is 1. The van der Waals surface area contributed by atoms with Gasteiger partial charge in [-0.15, -0.1) is 0 Å². The fraction of sp³-hybridized carbons (Fsp3) is 0.273. The summed E-state index contributed by atoms with van der Waals surface area (Å²) >= 11 is 5.67. The molecule has 0 radical (unpaired) electrons. The van der Waals surface area contributed by atoms with E-state index >= 15 is 0 Å². The molecule has 5 heteroatoms. The largest absolute Gasteiger partial charge is 0.466 e. The van der Waals surface area contributed by atoms with Gasteiger partial charge in [-0.05, 0) is 31.2 Å². The summed E-state index contributed by atoms with van der Waals surface area (Å²) < 4.78 is 9.30. The number of hydrogen-bond acceptors (Lipinski definition) is 4. The van der Waals surface area contributed by atoms with Gasteiger partial charge in [-0.25, -0.2) is 9.59 Å². The lowest BCUT2D eigenvalue weighted by atomic mass is 10.2. The van der Waals surface area contributed by atoms with Crippen LogP contribution in [0.5, 0.6) is 0 Å². The molecule has 0 spiro atoms. The predicted octanol–water partition coefficient (Wildman–Crippen LogP) is 2.06. The number of carbonyl (C=O) groups is 2. The van der Waals surface area contributed by atoms with Crippen molar-refractivity contribution in [2.24, 2.45) is 0 Å². The molecule has 1 rings (SSSR count). The number of carbonyl (C=O) groups excluding carboxylic acids is 2. The first-order valence-corrected chi connectivity index (χ1v) is 4.96. The van der Waals surface area contributed by atoms with Crippen LogP contribution in [0.4, 0.5) is 0 Å². The summed E-state index contributed by atoms with van der Waals surface area (Å²) in [7, 11) is 1.23. The highest BCUT2D eigenvalue weighted by Gasteiger charge is 2.18. The van der Waals surface area contributed by atoms with Crippen molar-refractivity contribution in [3.8, 4) is 0 Å². The van der Waals surface area contributed by atoms with Crippen LogP contribution in [0.2, 0.25) is 5.02 Å². The first-order chi connectivity index (χ1) is 7.54. The monoisotopic (exact) mass is 242 g/mol. The van der Waals surface area contributed by atoms with Gasteiger partial charge in [0.2, 0.25) is 0 Å². The Kier molecular flexibility index (Phi) is 4.31. The highest BCUT2D eigenvalue weighted by molar-refractivity contribution is 6.30. The van der Waals surface area contributed by atoms with Crippen LogP contribution in [0, 0.1) is 0 Å². The molecule has 0 aliphatic rings. The van der Waals surface area contributed by atoms with E-state index < -0.39 is 18.0 Å². The van der Waals surface area contributed by atoms with Crippen LogP contribution in [0.15, 0.2) is 24.3 Å². The molecular weight excluding hydrogens is 232 g/mol.